The molecule has 1 aliphatic heterocycles. The Bertz CT molecular complexity index is 640. The van der Waals surface area contributed by atoms with E-state index in [-0.39, 0.29) is 12.1 Å². The molecule has 0 aliphatic carbocycles. The largest absolute Gasteiger partial charge is 0.449 e. The fourth-order valence-corrected chi connectivity index (χ4v) is 2.66. The molecule has 2 aromatic heterocycles. The van der Waals surface area contributed by atoms with Crippen molar-refractivity contribution in [1.82, 2.24) is 14.9 Å². The van der Waals surface area contributed by atoms with Gasteiger partial charge in [-0.25, -0.2) is 4.98 Å². The Balaban J connectivity index is 1.67. The molecule has 1 aliphatic rings. The van der Waals surface area contributed by atoms with E-state index < -0.39 is 0 Å². The third kappa shape index (κ3) is 2.99. The average Bonchev–Trinajstić information content (AvgIpc) is 3.14. The van der Waals surface area contributed by atoms with Crippen LogP contribution >= 0.6 is 0 Å². The summed E-state index contributed by atoms with van der Waals surface area (Å²) in [6.07, 6.45) is 5.72. The number of aryl methyl sites for hydroxylation is 1. The first-order chi connectivity index (χ1) is 10.3. The van der Waals surface area contributed by atoms with E-state index in [9.17, 15) is 0 Å². The van der Waals surface area contributed by atoms with E-state index in [1.165, 1.54) is 0 Å². The predicted molar refractivity (Wildman–Crippen MR) is 75.2 cm³/mol. The maximum Gasteiger partial charge on any atom is 0.203 e. The van der Waals surface area contributed by atoms with E-state index in [1.807, 2.05) is 29.9 Å². The number of rotatable bonds is 4. The first-order valence-electron chi connectivity index (χ1n) is 7.09. The van der Waals surface area contributed by atoms with Gasteiger partial charge in [0.15, 0.2) is 0 Å². The van der Waals surface area contributed by atoms with Gasteiger partial charge >= 0.3 is 0 Å². The lowest BCUT2D eigenvalue weighted by Crippen LogP contribution is -2.40. The molecule has 1 fully saturated rings. The third-order valence-electron chi connectivity index (χ3n) is 3.75. The molecule has 0 saturated carbocycles. The Hall–Kier alpha value is -2.10. The number of hydrogen-bond donors (Lipinski definition) is 1. The smallest absolute Gasteiger partial charge is 0.203 e. The number of nitriles is 1. The van der Waals surface area contributed by atoms with Gasteiger partial charge in [-0.05, 0) is 25.0 Å². The molecule has 110 valence electrons. The van der Waals surface area contributed by atoms with Gasteiger partial charge in [0.05, 0.1) is 6.54 Å². The van der Waals surface area contributed by atoms with Crippen LogP contribution in [0.1, 0.15) is 36.3 Å². The van der Waals surface area contributed by atoms with E-state index in [1.54, 1.807) is 12.3 Å². The van der Waals surface area contributed by atoms with Crippen LogP contribution in [0.25, 0.3) is 0 Å². The highest BCUT2D eigenvalue weighted by Crippen LogP contribution is 2.27. The van der Waals surface area contributed by atoms with Crippen LogP contribution in [0.15, 0.2) is 28.9 Å². The van der Waals surface area contributed by atoms with Gasteiger partial charge in [-0.3, -0.25) is 0 Å². The lowest BCUT2D eigenvalue weighted by molar-refractivity contribution is -0.0182. The molecular weight excluding hydrogens is 268 g/mol. The summed E-state index contributed by atoms with van der Waals surface area (Å²) < 4.78 is 13.3. The fraction of sp³-hybridized carbons (Fsp3) is 0.467. The van der Waals surface area contributed by atoms with Crippen LogP contribution in [0.4, 0.5) is 0 Å². The zero-order chi connectivity index (χ0) is 14.7. The molecule has 3 rings (SSSR count). The van der Waals surface area contributed by atoms with Crippen molar-refractivity contribution < 1.29 is 9.15 Å². The van der Waals surface area contributed by atoms with Crippen LogP contribution in [0, 0.1) is 11.3 Å². The Kier molecular flexibility index (Phi) is 4.04. The minimum absolute atomic E-state index is 0.0517. The highest BCUT2D eigenvalue weighted by atomic mass is 16.5. The molecule has 2 aromatic rings. The maximum atomic E-state index is 8.77. The van der Waals surface area contributed by atoms with E-state index in [0.717, 1.165) is 31.0 Å². The van der Waals surface area contributed by atoms with Crippen LogP contribution in [0.3, 0.4) is 0 Å². The molecule has 1 saturated heterocycles. The van der Waals surface area contributed by atoms with E-state index in [2.05, 4.69) is 10.3 Å². The van der Waals surface area contributed by atoms with Gasteiger partial charge in [0, 0.05) is 32.1 Å². The second-order valence-electron chi connectivity index (χ2n) is 5.20. The number of ether oxygens (including phenoxy) is 1. The average molecular weight is 286 g/mol. The molecule has 21 heavy (non-hydrogen) atoms. The SMILES string of the molecule is Cn1ccnc1[C@H]1OCCC[C@@H]1NCc1ccc(C#N)o1. The van der Waals surface area contributed by atoms with Crippen LogP contribution < -0.4 is 5.32 Å². The van der Waals surface area contributed by atoms with Gasteiger partial charge in [-0.1, -0.05) is 0 Å². The van der Waals surface area contributed by atoms with Crippen molar-refractivity contribution in [1.29, 1.82) is 5.26 Å². The maximum absolute atomic E-state index is 8.77. The predicted octanol–water partition coefficient (Wildman–Crippen LogP) is 1.89. The topological polar surface area (TPSA) is 76.0 Å². The second kappa shape index (κ2) is 6.12. The summed E-state index contributed by atoms with van der Waals surface area (Å²) in [5.74, 6) is 2.03. The molecule has 0 aromatic carbocycles. The Morgan fingerprint density at radius 3 is 3.14 bits per heavy atom. The summed E-state index contributed by atoms with van der Waals surface area (Å²) >= 11 is 0. The molecule has 0 radical (unpaired) electrons. The van der Waals surface area contributed by atoms with Crippen LogP contribution in [0.2, 0.25) is 0 Å². The van der Waals surface area contributed by atoms with Crippen LogP contribution in [-0.2, 0) is 18.3 Å². The zero-order valence-corrected chi connectivity index (χ0v) is 12.0. The highest BCUT2D eigenvalue weighted by molar-refractivity contribution is 5.19. The number of nitrogens with zero attached hydrogens (tertiary/aromatic N) is 3. The lowest BCUT2D eigenvalue weighted by atomic mass is 10.0. The fourth-order valence-electron chi connectivity index (χ4n) is 2.66. The molecular formula is C15H18N4O2. The first-order valence-corrected chi connectivity index (χ1v) is 7.09. The molecule has 3 heterocycles. The summed E-state index contributed by atoms with van der Waals surface area (Å²) in [7, 11) is 1.98. The molecule has 1 N–H and O–H groups in total. The van der Waals surface area contributed by atoms with E-state index in [0.29, 0.717) is 12.3 Å². The van der Waals surface area contributed by atoms with Crippen molar-refractivity contribution in [2.45, 2.75) is 31.5 Å². The monoisotopic (exact) mass is 286 g/mol. The van der Waals surface area contributed by atoms with Crippen molar-refractivity contribution in [3.8, 4) is 6.07 Å². The van der Waals surface area contributed by atoms with Crippen molar-refractivity contribution >= 4 is 0 Å². The quantitative estimate of drug-likeness (QED) is 0.929. The lowest BCUT2D eigenvalue weighted by Gasteiger charge is -2.31. The molecule has 6 nitrogen and oxygen atoms in total. The minimum atomic E-state index is -0.0517. The van der Waals surface area contributed by atoms with E-state index >= 15 is 0 Å². The van der Waals surface area contributed by atoms with Gasteiger partial charge in [-0.2, -0.15) is 5.26 Å². The van der Waals surface area contributed by atoms with Gasteiger partial charge in [0.1, 0.15) is 23.8 Å². The second-order valence-corrected chi connectivity index (χ2v) is 5.20. The Morgan fingerprint density at radius 1 is 1.52 bits per heavy atom. The number of aromatic nitrogens is 2. The number of furan rings is 1. The van der Waals surface area contributed by atoms with Gasteiger partial charge in [0.2, 0.25) is 5.76 Å². The molecule has 0 spiro atoms. The van der Waals surface area contributed by atoms with Gasteiger partial charge in [-0.15, -0.1) is 0 Å². The summed E-state index contributed by atoms with van der Waals surface area (Å²) in [4.78, 5) is 4.39. The van der Waals surface area contributed by atoms with Crippen molar-refractivity contribution in [3.05, 3.63) is 41.9 Å². The van der Waals surface area contributed by atoms with Crippen LogP contribution in [-0.4, -0.2) is 22.2 Å². The molecule has 0 unspecified atom stereocenters. The van der Waals surface area contributed by atoms with E-state index in [4.69, 9.17) is 14.4 Å². The Labute approximate surface area is 123 Å². The molecule has 6 heteroatoms. The van der Waals surface area contributed by atoms with Crippen molar-refractivity contribution in [2.75, 3.05) is 6.61 Å². The summed E-state index contributed by atoms with van der Waals surface area (Å²) in [5.41, 5.74) is 0. The standard InChI is InChI=1S/C15H18N4O2/c1-19-7-6-17-15(19)14-13(3-2-8-20-14)18-10-12-5-4-11(9-16)21-12/h4-7,13-14,18H,2-3,8,10H2,1H3/t13-,14-/m0/s1. The highest BCUT2D eigenvalue weighted by Gasteiger charge is 2.30. The van der Waals surface area contributed by atoms with Gasteiger partial charge in [0.25, 0.3) is 0 Å². The number of imidazole rings is 1. The van der Waals surface area contributed by atoms with Crippen molar-refractivity contribution in [3.63, 3.8) is 0 Å². The first kappa shape index (κ1) is 13.9. The van der Waals surface area contributed by atoms with Gasteiger partial charge < -0.3 is 19.0 Å². The number of hydrogen-bond acceptors (Lipinski definition) is 5. The minimum Gasteiger partial charge on any atom is -0.449 e. The van der Waals surface area contributed by atoms with Crippen molar-refractivity contribution in [2.24, 2.45) is 7.05 Å². The summed E-state index contributed by atoms with van der Waals surface area (Å²) in [6.45, 7) is 1.34. The number of nitrogens with one attached hydrogen (secondary N) is 1. The molecule has 2 atom stereocenters. The Morgan fingerprint density at radius 2 is 2.43 bits per heavy atom. The summed E-state index contributed by atoms with van der Waals surface area (Å²) in [5, 5.41) is 12.2. The zero-order valence-electron chi connectivity index (χ0n) is 12.0. The molecule has 0 amide bonds. The summed E-state index contributed by atoms with van der Waals surface area (Å²) in [6, 6.07) is 5.69. The normalized spacial score (nSPS) is 22.1. The molecule has 0 bridgehead atoms. The van der Waals surface area contributed by atoms with Crippen LogP contribution in [0.5, 0.6) is 0 Å². The third-order valence-corrected chi connectivity index (χ3v) is 3.75.